The van der Waals surface area contributed by atoms with E-state index in [1.54, 1.807) is 37.2 Å². The number of hydrogen-bond acceptors (Lipinski definition) is 5. The molecule has 152 valence electrons. The number of carbonyl (C=O) groups excluding carboxylic acids is 1. The molecule has 0 unspecified atom stereocenters. The molecule has 0 saturated carbocycles. The Morgan fingerprint density at radius 2 is 2.00 bits per heavy atom. The number of piperidine rings is 1. The molecule has 3 heterocycles. The minimum absolute atomic E-state index is 0.199. The number of aryl methyl sites for hydroxylation is 1. The van der Waals surface area contributed by atoms with Crippen LogP contribution in [0.1, 0.15) is 18.7 Å². The molecule has 0 radical (unpaired) electrons. The van der Waals surface area contributed by atoms with Crippen molar-refractivity contribution in [2.45, 2.75) is 25.8 Å². The van der Waals surface area contributed by atoms with E-state index in [4.69, 9.17) is 4.42 Å². The zero-order chi connectivity index (χ0) is 20.5. The molecule has 1 aliphatic heterocycles. The molecule has 0 aliphatic carbocycles. The summed E-state index contributed by atoms with van der Waals surface area (Å²) in [6, 6.07) is 4.86. The Bertz CT molecular complexity index is 1040. The first kappa shape index (κ1) is 19.3. The van der Waals surface area contributed by atoms with Gasteiger partial charge in [0.2, 0.25) is 0 Å². The standard InChI is InChI=1S/C21H24FN5O2/c1-13-23-12-19(29-13)15-8-14-10-20(24-11-17(14)18(22)9-15)25-21(28)27(3)16-4-6-26(2)7-5-16/h8-12,16H,4-7H2,1-3H3,(H,24,25,28). The third kappa shape index (κ3) is 4.07. The van der Waals surface area contributed by atoms with Crippen LogP contribution < -0.4 is 5.32 Å². The monoisotopic (exact) mass is 397 g/mol. The van der Waals surface area contributed by atoms with Crippen molar-refractivity contribution in [1.29, 1.82) is 0 Å². The number of aromatic nitrogens is 2. The molecule has 4 rings (SSSR count). The molecule has 8 heteroatoms. The summed E-state index contributed by atoms with van der Waals surface area (Å²) in [7, 11) is 3.89. The van der Waals surface area contributed by atoms with Crippen molar-refractivity contribution in [3.05, 3.63) is 42.3 Å². The highest BCUT2D eigenvalue weighted by Gasteiger charge is 2.24. The van der Waals surface area contributed by atoms with Crippen LogP contribution in [0.15, 0.2) is 35.0 Å². The van der Waals surface area contributed by atoms with Gasteiger partial charge in [0.25, 0.3) is 0 Å². The summed E-state index contributed by atoms with van der Waals surface area (Å²) < 4.78 is 20.0. The number of nitrogens with one attached hydrogen (secondary N) is 1. The molecule has 7 nitrogen and oxygen atoms in total. The van der Waals surface area contributed by atoms with Gasteiger partial charge in [-0.3, -0.25) is 5.32 Å². The number of nitrogens with zero attached hydrogens (tertiary/aromatic N) is 4. The molecule has 0 atom stereocenters. The van der Waals surface area contributed by atoms with E-state index in [1.807, 2.05) is 0 Å². The molecule has 1 aliphatic rings. The number of likely N-dealkylation sites (tertiary alicyclic amines) is 1. The van der Waals surface area contributed by atoms with E-state index in [0.29, 0.717) is 33.8 Å². The zero-order valence-electron chi connectivity index (χ0n) is 16.8. The van der Waals surface area contributed by atoms with Crippen LogP contribution >= 0.6 is 0 Å². The smallest absolute Gasteiger partial charge is 0.323 e. The van der Waals surface area contributed by atoms with Crippen LogP contribution in [0.4, 0.5) is 15.0 Å². The Hall–Kier alpha value is -3.00. The molecule has 2 aromatic heterocycles. The lowest BCUT2D eigenvalue weighted by Crippen LogP contribution is -2.46. The summed E-state index contributed by atoms with van der Waals surface area (Å²) in [6.07, 6.45) is 4.88. The first-order valence-electron chi connectivity index (χ1n) is 9.65. The Labute approximate surface area is 168 Å². The molecule has 2 amide bonds. The lowest BCUT2D eigenvalue weighted by Gasteiger charge is -2.34. The summed E-state index contributed by atoms with van der Waals surface area (Å²) in [5.41, 5.74) is 0.586. The second-order valence-corrected chi connectivity index (χ2v) is 7.57. The van der Waals surface area contributed by atoms with Crippen LogP contribution in [-0.4, -0.2) is 59.0 Å². The second-order valence-electron chi connectivity index (χ2n) is 7.57. The topological polar surface area (TPSA) is 74.5 Å². The van der Waals surface area contributed by atoms with Crippen LogP contribution in [-0.2, 0) is 0 Å². The highest BCUT2D eigenvalue weighted by molar-refractivity contribution is 5.93. The van der Waals surface area contributed by atoms with E-state index in [0.717, 1.165) is 25.9 Å². The number of fused-ring (bicyclic) bond motifs is 1. The third-order valence-electron chi connectivity index (χ3n) is 5.48. The average molecular weight is 397 g/mol. The lowest BCUT2D eigenvalue weighted by atomic mass is 10.0. The van der Waals surface area contributed by atoms with Gasteiger partial charge in [0.05, 0.1) is 6.20 Å². The van der Waals surface area contributed by atoms with Crippen molar-refractivity contribution in [2.75, 3.05) is 32.5 Å². The fourth-order valence-electron chi connectivity index (χ4n) is 3.66. The first-order chi connectivity index (χ1) is 13.9. The van der Waals surface area contributed by atoms with Gasteiger partial charge in [0, 0.05) is 37.2 Å². The van der Waals surface area contributed by atoms with Crippen molar-refractivity contribution < 1.29 is 13.6 Å². The fraction of sp³-hybridized carbons (Fsp3) is 0.381. The Balaban J connectivity index is 1.55. The minimum Gasteiger partial charge on any atom is -0.441 e. The predicted molar refractivity (Wildman–Crippen MR) is 109 cm³/mol. The van der Waals surface area contributed by atoms with Crippen molar-refractivity contribution >= 4 is 22.6 Å². The van der Waals surface area contributed by atoms with E-state index in [2.05, 4.69) is 27.2 Å². The Morgan fingerprint density at radius 3 is 2.69 bits per heavy atom. The summed E-state index contributed by atoms with van der Waals surface area (Å²) in [5, 5.41) is 3.84. The van der Waals surface area contributed by atoms with Gasteiger partial charge in [0.15, 0.2) is 11.7 Å². The molecule has 1 N–H and O–H groups in total. The highest BCUT2D eigenvalue weighted by atomic mass is 19.1. The maximum atomic E-state index is 14.5. The lowest BCUT2D eigenvalue weighted by molar-refractivity contribution is 0.156. The van der Waals surface area contributed by atoms with Gasteiger partial charge in [0.1, 0.15) is 11.6 Å². The van der Waals surface area contributed by atoms with Crippen LogP contribution in [0.5, 0.6) is 0 Å². The SMILES string of the molecule is Cc1ncc(-c2cc(F)c3cnc(NC(=O)N(C)C4CCN(C)CC4)cc3c2)o1. The number of oxazole rings is 1. The van der Waals surface area contributed by atoms with Gasteiger partial charge in [-0.15, -0.1) is 0 Å². The van der Waals surface area contributed by atoms with Crippen LogP contribution in [0.3, 0.4) is 0 Å². The van der Waals surface area contributed by atoms with Crippen molar-refractivity contribution in [3.8, 4) is 11.3 Å². The summed E-state index contributed by atoms with van der Waals surface area (Å²) >= 11 is 0. The fourth-order valence-corrected chi connectivity index (χ4v) is 3.66. The van der Waals surface area contributed by atoms with E-state index < -0.39 is 5.82 Å². The maximum Gasteiger partial charge on any atom is 0.323 e. The number of benzene rings is 1. The van der Waals surface area contributed by atoms with Gasteiger partial charge < -0.3 is 14.2 Å². The number of halogens is 1. The number of amides is 2. The number of urea groups is 1. The second kappa shape index (κ2) is 7.79. The number of pyridine rings is 1. The summed E-state index contributed by atoms with van der Waals surface area (Å²) in [4.78, 5) is 24.9. The van der Waals surface area contributed by atoms with Crippen LogP contribution in [0, 0.1) is 12.7 Å². The Morgan fingerprint density at radius 1 is 1.24 bits per heavy atom. The molecule has 1 saturated heterocycles. The van der Waals surface area contributed by atoms with Gasteiger partial charge in [-0.2, -0.15) is 0 Å². The molecular formula is C21H24FN5O2. The van der Waals surface area contributed by atoms with E-state index >= 15 is 0 Å². The molecule has 1 fully saturated rings. The van der Waals surface area contributed by atoms with Gasteiger partial charge >= 0.3 is 6.03 Å². The largest absolute Gasteiger partial charge is 0.441 e. The molecule has 1 aromatic carbocycles. The molecule has 0 spiro atoms. The van der Waals surface area contributed by atoms with Gasteiger partial charge in [-0.1, -0.05) is 0 Å². The number of anilines is 1. The zero-order valence-corrected chi connectivity index (χ0v) is 16.8. The predicted octanol–water partition coefficient (Wildman–Crippen LogP) is 3.90. The van der Waals surface area contributed by atoms with Gasteiger partial charge in [-0.25, -0.2) is 19.2 Å². The van der Waals surface area contributed by atoms with E-state index in [-0.39, 0.29) is 12.1 Å². The Kier molecular flexibility index (Phi) is 5.19. The number of rotatable bonds is 3. The quantitative estimate of drug-likeness (QED) is 0.726. The third-order valence-corrected chi connectivity index (χ3v) is 5.48. The van der Waals surface area contributed by atoms with Crippen molar-refractivity contribution in [3.63, 3.8) is 0 Å². The molecule has 29 heavy (non-hydrogen) atoms. The molecule has 3 aromatic rings. The van der Waals surface area contributed by atoms with Crippen LogP contribution in [0.25, 0.3) is 22.1 Å². The summed E-state index contributed by atoms with van der Waals surface area (Å²) in [5.74, 6) is 0.987. The minimum atomic E-state index is -0.402. The first-order valence-corrected chi connectivity index (χ1v) is 9.65. The molecular weight excluding hydrogens is 373 g/mol. The summed E-state index contributed by atoms with van der Waals surface area (Å²) in [6.45, 7) is 3.68. The number of carbonyl (C=O) groups is 1. The van der Waals surface area contributed by atoms with E-state index in [9.17, 15) is 9.18 Å². The molecule has 0 bridgehead atoms. The van der Waals surface area contributed by atoms with Crippen molar-refractivity contribution in [2.24, 2.45) is 0 Å². The highest BCUT2D eigenvalue weighted by Crippen LogP contribution is 2.28. The normalized spacial score (nSPS) is 15.6. The maximum absolute atomic E-state index is 14.5. The van der Waals surface area contributed by atoms with E-state index in [1.165, 1.54) is 12.3 Å². The van der Waals surface area contributed by atoms with Crippen LogP contribution in [0.2, 0.25) is 0 Å². The van der Waals surface area contributed by atoms with Gasteiger partial charge in [-0.05, 0) is 56.6 Å². The number of hydrogen-bond donors (Lipinski definition) is 1. The van der Waals surface area contributed by atoms with Crippen molar-refractivity contribution in [1.82, 2.24) is 19.8 Å². The average Bonchev–Trinajstić information content (AvgIpc) is 3.14.